The summed E-state index contributed by atoms with van der Waals surface area (Å²) in [6.45, 7) is 15.2. The molecule has 0 N–H and O–H groups in total. The van der Waals surface area contributed by atoms with Crippen molar-refractivity contribution in [1.82, 2.24) is 0 Å². The molecule has 3 rings (SSSR count). The highest BCUT2D eigenvalue weighted by atomic mass is 19.1. The molecule has 0 spiro atoms. The van der Waals surface area contributed by atoms with Crippen molar-refractivity contribution in [3.8, 4) is 11.1 Å². The number of rotatable bonds is 5. The largest absolute Gasteiger partial charge is 0.207 e. The lowest BCUT2D eigenvalue weighted by molar-refractivity contribution is 0.588. The third-order valence-electron chi connectivity index (χ3n) is 5.80. The van der Waals surface area contributed by atoms with Crippen LogP contribution >= 0.6 is 0 Å². The molecular formula is C30H38F2. The summed E-state index contributed by atoms with van der Waals surface area (Å²) >= 11 is 0. The van der Waals surface area contributed by atoms with E-state index in [1.54, 1.807) is 0 Å². The SMILES string of the molecule is CCc1cc(CC)cc(C(C)(C)C)c1.CCc1cc(F)cc(-c2cc(F)cc(CC)c2)c1. The lowest BCUT2D eigenvalue weighted by atomic mass is 9.84. The zero-order valence-corrected chi connectivity index (χ0v) is 20.8. The van der Waals surface area contributed by atoms with Gasteiger partial charge >= 0.3 is 0 Å². The lowest BCUT2D eigenvalue weighted by Crippen LogP contribution is -2.12. The van der Waals surface area contributed by atoms with Crippen LogP contribution in [0.15, 0.2) is 54.6 Å². The summed E-state index contributed by atoms with van der Waals surface area (Å²) in [6, 6.07) is 16.8. The van der Waals surface area contributed by atoms with E-state index in [0.717, 1.165) is 47.9 Å². The molecule has 0 aliphatic rings. The molecule has 0 unspecified atom stereocenters. The van der Waals surface area contributed by atoms with E-state index in [4.69, 9.17) is 0 Å². The highest BCUT2D eigenvalue weighted by Crippen LogP contribution is 2.26. The van der Waals surface area contributed by atoms with Crippen molar-refractivity contribution >= 4 is 0 Å². The molecule has 0 aliphatic heterocycles. The molecule has 0 atom stereocenters. The Labute approximate surface area is 193 Å². The van der Waals surface area contributed by atoms with E-state index in [1.165, 1.54) is 41.0 Å². The van der Waals surface area contributed by atoms with E-state index in [0.29, 0.717) is 0 Å². The van der Waals surface area contributed by atoms with Gasteiger partial charge in [-0.25, -0.2) is 8.78 Å². The van der Waals surface area contributed by atoms with Gasteiger partial charge in [0.15, 0.2) is 0 Å². The van der Waals surface area contributed by atoms with Crippen molar-refractivity contribution < 1.29 is 8.78 Å². The Hall–Kier alpha value is -2.48. The Bertz CT molecular complexity index is 952. The van der Waals surface area contributed by atoms with Crippen LogP contribution in [0.5, 0.6) is 0 Å². The van der Waals surface area contributed by atoms with E-state index < -0.39 is 0 Å². The second-order valence-corrected chi connectivity index (χ2v) is 9.40. The van der Waals surface area contributed by atoms with Crippen LogP contribution in [-0.4, -0.2) is 0 Å². The number of hydrogen-bond acceptors (Lipinski definition) is 0. The van der Waals surface area contributed by atoms with Gasteiger partial charge in [0.25, 0.3) is 0 Å². The van der Waals surface area contributed by atoms with E-state index in [1.807, 2.05) is 26.0 Å². The summed E-state index contributed by atoms with van der Waals surface area (Å²) in [5.74, 6) is -0.543. The lowest BCUT2D eigenvalue weighted by Gasteiger charge is -2.21. The van der Waals surface area contributed by atoms with Gasteiger partial charge in [0.1, 0.15) is 11.6 Å². The van der Waals surface area contributed by atoms with E-state index in [9.17, 15) is 8.78 Å². The van der Waals surface area contributed by atoms with Crippen LogP contribution in [0.4, 0.5) is 8.78 Å². The van der Waals surface area contributed by atoms with Gasteiger partial charge in [-0.15, -0.1) is 0 Å². The summed E-state index contributed by atoms with van der Waals surface area (Å²) in [5.41, 5.74) is 7.99. The third-order valence-corrected chi connectivity index (χ3v) is 5.80. The van der Waals surface area contributed by atoms with Crippen molar-refractivity contribution in [2.45, 2.75) is 79.6 Å². The summed E-state index contributed by atoms with van der Waals surface area (Å²) in [5, 5.41) is 0. The van der Waals surface area contributed by atoms with Crippen molar-refractivity contribution in [3.63, 3.8) is 0 Å². The highest BCUT2D eigenvalue weighted by molar-refractivity contribution is 5.65. The minimum atomic E-state index is -0.272. The molecule has 0 aliphatic carbocycles. The average Bonchev–Trinajstić information content (AvgIpc) is 2.77. The predicted molar refractivity (Wildman–Crippen MR) is 134 cm³/mol. The number of benzene rings is 3. The first-order valence-corrected chi connectivity index (χ1v) is 11.8. The van der Waals surface area contributed by atoms with Crippen LogP contribution in [0.3, 0.4) is 0 Å². The molecule has 172 valence electrons. The molecule has 0 fully saturated rings. The number of halogens is 2. The molecule has 0 bridgehead atoms. The van der Waals surface area contributed by atoms with Gasteiger partial charge < -0.3 is 0 Å². The van der Waals surface area contributed by atoms with Crippen molar-refractivity contribution in [2.75, 3.05) is 0 Å². The standard InChI is InChI=1S/C16H16F2.C14H22/c1-3-11-5-13(9-15(17)7-11)14-6-12(4-2)8-16(18)10-14;1-6-11-8-12(7-2)10-13(9-11)14(3,4)5/h5-10H,3-4H2,1-2H3;8-10H,6-7H2,1-5H3. The van der Waals surface area contributed by atoms with Gasteiger partial charge in [-0.3, -0.25) is 0 Å². The number of aryl methyl sites for hydroxylation is 4. The van der Waals surface area contributed by atoms with Gasteiger partial charge in [0, 0.05) is 0 Å². The van der Waals surface area contributed by atoms with Crippen LogP contribution in [0.25, 0.3) is 11.1 Å². The second kappa shape index (κ2) is 11.4. The van der Waals surface area contributed by atoms with Gasteiger partial charge in [0.05, 0.1) is 0 Å². The summed E-state index contributed by atoms with van der Waals surface area (Å²) in [6.07, 6.45) is 3.80. The highest BCUT2D eigenvalue weighted by Gasteiger charge is 2.14. The minimum Gasteiger partial charge on any atom is -0.207 e. The van der Waals surface area contributed by atoms with E-state index in [-0.39, 0.29) is 17.0 Å². The summed E-state index contributed by atoms with van der Waals surface area (Å²) < 4.78 is 27.0. The molecule has 0 nitrogen and oxygen atoms in total. The first kappa shape index (κ1) is 25.8. The maximum absolute atomic E-state index is 13.5. The molecule has 0 saturated heterocycles. The van der Waals surface area contributed by atoms with E-state index in [2.05, 4.69) is 52.8 Å². The fourth-order valence-electron chi connectivity index (χ4n) is 3.65. The van der Waals surface area contributed by atoms with Crippen LogP contribution in [0, 0.1) is 11.6 Å². The first-order valence-electron chi connectivity index (χ1n) is 11.8. The fraction of sp³-hybridized carbons (Fsp3) is 0.400. The zero-order valence-electron chi connectivity index (χ0n) is 20.8. The second-order valence-electron chi connectivity index (χ2n) is 9.40. The molecule has 0 radical (unpaired) electrons. The van der Waals surface area contributed by atoms with E-state index >= 15 is 0 Å². The predicted octanol–water partition coefficient (Wildman–Crippen LogP) is 8.87. The maximum Gasteiger partial charge on any atom is 0.124 e. The molecular weight excluding hydrogens is 398 g/mol. The van der Waals surface area contributed by atoms with Crippen LogP contribution in [-0.2, 0) is 31.1 Å². The molecule has 2 heteroatoms. The molecule has 0 aromatic heterocycles. The van der Waals surface area contributed by atoms with Crippen LogP contribution < -0.4 is 0 Å². The Morgan fingerprint density at radius 2 is 0.844 bits per heavy atom. The fourth-order valence-corrected chi connectivity index (χ4v) is 3.65. The Morgan fingerprint density at radius 3 is 1.16 bits per heavy atom. The van der Waals surface area contributed by atoms with Crippen molar-refractivity contribution in [2.24, 2.45) is 0 Å². The summed E-state index contributed by atoms with van der Waals surface area (Å²) in [4.78, 5) is 0. The molecule has 3 aromatic rings. The third kappa shape index (κ3) is 7.29. The smallest absolute Gasteiger partial charge is 0.124 e. The van der Waals surface area contributed by atoms with Crippen molar-refractivity contribution in [3.05, 3.63) is 94.0 Å². The van der Waals surface area contributed by atoms with Crippen LogP contribution in [0.1, 0.15) is 76.3 Å². The Morgan fingerprint density at radius 1 is 0.500 bits per heavy atom. The van der Waals surface area contributed by atoms with Gasteiger partial charge in [-0.05, 0) is 94.3 Å². The molecule has 0 saturated carbocycles. The Kier molecular flexibility index (Phi) is 9.19. The maximum atomic E-state index is 13.5. The normalized spacial score (nSPS) is 11.2. The minimum absolute atomic E-state index is 0.272. The number of hydrogen-bond donors (Lipinski definition) is 0. The van der Waals surface area contributed by atoms with Crippen molar-refractivity contribution in [1.29, 1.82) is 0 Å². The first-order chi connectivity index (χ1) is 15.1. The molecule has 0 amide bonds. The topological polar surface area (TPSA) is 0 Å². The van der Waals surface area contributed by atoms with Crippen LogP contribution in [0.2, 0.25) is 0 Å². The molecule has 32 heavy (non-hydrogen) atoms. The summed E-state index contributed by atoms with van der Waals surface area (Å²) in [7, 11) is 0. The average molecular weight is 437 g/mol. The zero-order chi connectivity index (χ0) is 23.9. The van der Waals surface area contributed by atoms with Gasteiger partial charge in [-0.1, -0.05) is 78.8 Å². The quantitative estimate of drug-likeness (QED) is 0.375. The molecule has 0 heterocycles. The Balaban J connectivity index is 0.000000235. The van der Waals surface area contributed by atoms with Gasteiger partial charge in [-0.2, -0.15) is 0 Å². The monoisotopic (exact) mass is 436 g/mol. The molecule has 3 aromatic carbocycles. The van der Waals surface area contributed by atoms with Gasteiger partial charge in [0.2, 0.25) is 0 Å².